The lowest BCUT2D eigenvalue weighted by molar-refractivity contribution is -0.126. The molecule has 0 spiro atoms. The number of ketones is 2. The summed E-state index contributed by atoms with van der Waals surface area (Å²) >= 11 is 0. The average Bonchev–Trinajstić information content (AvgIpc) is 3.18. The van der Waals surface area contributed by atoms with Crippen molar-refractivity contribution in [2.24, 2.45) is 17.8 Å². The maximum absolute atomic E-state index is 12.1. The van der Waals surface area contributed by atoms with Crippen LogP contribution in [0.5, 0.6) is 34.5 Å². The minimum atomic E-state index is -0.115. The smallest absolute Gasteiger partial charge is 0.160 e. The molecule has 0 bridgehead atoms. The van der Waals surface area contributed by atoms with Crippen LogP contribution in [0.25, 0.3) is 0 Å². The fourth-order valence-corrected chi connectivity index (χ4v) is 7.99. The quantitative estimate of drug-likeness (QED) is 0.0858. The van der Waals surface area contributed by atoms with E-state index in [4.69, 9.17) is 14.2 Å². The van der Waals surface area contributed by atoms with Crippen molar-refractivity contribution in [1.29, 1.82) is 0 Å². The maximum atomic E-state index is 12.1. The van der Waals surface area contributed by atoms with Crippen LogP contribution in [0.2, 0.25) is 0 Å². The molecule has 0 saturated heterocycles. The molecule has 4 rings (SSSR count). The third-order valence-electron chi connectivity index (χ3n) is 12.1. The van der Waals surface area contributed by atoms with E-state index in [9.17, 15) is 24.9 Å². The van der Waals surface area contributed by atoms with Crippen molar-refractivity contribution in [3.63, 3.8) is 0 Å². The van der Waals surface area contributed by atoms with Gasteiger partial charge in [0.15, 0.2) is 23.0 Å². The number of ether oxygens (including phenoxy) is 3. The zero-order valence-corrected chi connectivity index (χ0v) is 37.4. The predicted molar refractivity (Wildman–Crippen MR) is 235 cm³/mol. The number of hydrogen-bond acceptors (Lipinski definition) is 8. The lowest BCUT2D eigenvalue weighted by Gasteiger charge is -2.38. The van der Waals surface area contributed by atoms with Crippen LogP contribution in [0, 0.1) is 38.5 Å². The van der Waals surface area contributed by atoms with Crippen molar-refractivity contribution in [3.8, 4) is 34.5 Å². The number of carbonyl (C=O) groups excluding carboxylic acids is 2. The first-order valence-electron chi connectivity index (χ1n) is 21.7. The molecule has 0 radical (unpaired) electrons. The summed E-state index contributed by atoms with van der Waals surface area (Å²) in [5, 5.41) is 29.5. The average molecular weight is 803 g/mol. The van der Waals surface area contributed by atoms with Crippen LogP contribution in [0.4, 0.5) is 0 Å². The van der Waals surface area contributed by atoms with Crippen LogP contribution in [0.1, 0.15) is 151 Å². The van der Waals surface area contributed by atoms with E-state index < -0.39 is 0 Å². The molecule has 0 unspecified atom stereocenters. The highest BCUT2D eigenvalue weighted by molar-refractivity contribution is 5.99. The molecule has 0 fully saturated rings. The number of Topliss-reactive ketones (excluding diaryl/α,β-unsaturated/α-hetero) is 2. The first-order chi connectivity index (χ1) is 27.5. The lowest BCUT2D eigenvalue weighted by Crippen LogP contribution is -2.37. The monoisotopic (exact) mass is 803 g/mol. The van der Waals surface area contributed by atoms with Gasteiger partial charge in [-0.15, -0.1) is 0 Å². The number of phenols is 3. The van der Waals surface area contributed by atoms with E-state index in [1.54, 1.807) is 24.3 Å². The van der Waals surface area contributed by atoms with Gasteiger partial charge in [0.2, 0.25) is 0 Å². The topological polar surface area (TPSA) is 123 Å². The molecule has 0 aliphatic carbocycles. The number of aryl methyl sites for hydroxylation is 2. The molecule has 8 nitrogen and oxygen atoms in total. The summed E-state index contributed by atoms with van der Waals surface area (Å²) < 4.78 is 16.7. The van der Waals surface area contributed by atoms with E-state index in [1.165, 1.54) is 83.3 Å². The highest BCUT2D eigenvalue weighted by Crippen LogP contribution is 2.44. The van der Waals surface area contributed by atoms with Gasteiger partial charge in [0.05, 0.1) is 20.6 Å². The van der Waals surface area contributed by atoms with Crippen molar-refractivity contribution >= 4 is 11.6 Å². The minimum absolute atomic E-state index is 0.0496. The summed E-state index contributed by atoms with van der Waals surface area (Å²) in [5.41, 5.74) is 5.95. The fraction of sp³-hybridized carbons (Fsp3) is 0.600. The number of methoxy groups -OCH3 is 2. The van der Waals surface area contributed by atoms with Crippen molar-refractivity contribution in [3.05, 3.63) is 69.8 Å². The second-order valence-corrected chi connectivity index (χ2v) is 17.7. The van der Waals surface area contributed by atoms with Crippen LogP contribution >= 0.6 is 0 Å². The Kier molecular flexibility index (Phi) is 19.4. The number of hydrogen-bond donors (Lipinski definition) is 3. The molecule has 3 aromatic rings. The van der Waals surface area contributed by atoms with E-state index in [1.807, 2.05) is 13.8 Å². The van der Waals surface area contributed by atoms with E-state index in [0.717, 1.165) is 70.6 Å². The Bertz CT molecular complexity index is 1710. The Morgan fingerprint density at radius 2 is 1.19 bits per heavy atom. The molecule has 1 heterocycles. The third kappa shape index (κ3) is 15.2. The van der Waals surface area contributed by atoms with Gasteiger partial charge >= 0.3 is 0 Å². The Hall–Kier alpha value is -4.20. The van der Waals surface area contributed by atoms with Gasteiger partial charge in [-0.05, 0) is 136 Å². The molecular weight excluding hydrogens is 729 g/mol. The second kappa shape index (κ2) is 23.4. The SMILES string of the molecule is COc1cc(CCC(=O)CC(=O)CCc2ccc(O)c(OC)c2)ccc1O.Cc1c(C)c2c(c(C)c1O)CC[C@@](C)(CCC[C@H](C)CCC[C@H](C)CCCC(C)C)O2. The minimum Gasteiger partial charge on any atom is -0.507 e. The van der Waals surface area contributed by atoms with Gasteiger partial charge < -0.3 is 29.5 Å². The summed E-state index contributed by atoms with van der Waals surface area (Å²) in [4.78, 5) is 24.1. The fourth-order valence-electron chi connectivity index (χ4n) is 7.99. The molecule has 0 aromatic heterocycles. The van der Waals surface area contributed by atoms with Crippen LogP contribution in [-0.2, 0) is 28.9 Å². The Labute approximate surface area is 349 Å². The van der Waals surface area contributed by atoms with Gasteiger partial charge in [0, 0.05) is 18.4 Å². The van der Waals surface area contributed by atoms with Crippen molar-refractivity contribution in [1.82, 2.24) is 0 Å². The Morgan fingerprint density at radius 1 is 0.707 bits per heavy atom. The number of carbonyl (C=O) groups is 2. The molecule has 3 aromatic carbocycles. The highest BCUT2D eigenvalue weighted by atomic mass is 16.5. The third-order valence-corrected chi connectivity index (χ3v) is 12.1. The predicted octanol–water partition coefficient (Wildman–Crippen LogP) is 12.0. The summed E-state index contributed by atoms with van der Waals surface area (Å²) in [7, 11) is 2.93. The summed E-state index contributed by atoms with van der Waals surface area (Å²) in [6.45, 7) is 17.9. The van der Waals surface area contributed by atoms with Gasteiger partial charge in [-0.25, -0.2) is 0 Å². The molecule has 322 valence electrons. The Balaban J connectivity index is 0.000000313. The molecule has 58 heavy (non-hydrogen) atoms. The molecule has 8 heteroatoms. The van der Waals surface area contributed by atoms with Crippen LogP contribution in [-0.4, -0.2) is 46.7 Å². The van der Waals surface area contributed by atoms with Crippen molar-refractivity contribution < 1.29 is 39.1 Å². The standard InChI is InChI=1S/C29H50O2.C21H24O6/c1-20(2)12-9-13-21(3)14-10-15-22(4)16-11-18-29(8)19-17-26-25(7)27(30)23(5)24(6)28(26)31-29;1-26-20-11-14(5-9-18(20)24)3-7-16(22)13-17(23)8-4-15-6-10-19(25)21(12-15)27-2/h20-22,30H,9-19H2,1-8H3;5-6,9-12,24-25H,3-4,7-8,13H2,1-2H3/t21-,22-,29-;/m1./s1. The summed E-state index contributed by atoms with van der Waals surface area (Å²) in [6.07, 6.45) is 15.4. The molecular formula is C50H74O8. The molecule has 0 saturated carbocycles. The van der Waals surface area contributed by atoms with E-state index in [0.29, 0.717) is 30.1 Å². The van der Waals surface area contributed by atoms with Gasteiger partial charge in [-0.3, -0.25) is 9.59 Å². The normalized spacial score (nSPS) is 15.8. The van der Waals surface area contributed by atoms with Crippen molar-refractivity contribution in [2.45, 2.75) is 164 Å². The summed E-state index contributed by atoms with van der Waals surface area (Å²) in [6, 6.07) is 9.87. The highest BCUT2D eigenvalue weighted by Gasteiger charge is 2.34. The van der Waals surface area contributed by atoms with E-state index in [-0.39, 0.29) is 47.9 Å². The number of phenolic OH excluding ortho intramolecular Hbond substituents is 3. The van der Waals surface area contributed by atoms with E-state index >= 15 is 0 Å². The number of aromatic hydroxyl groups is 3. The van der Waals surface area contributed by atoms with Crippen molar-refractivity contribution in [2.75, 3.05) is 14.2 Å². The maximum Gasteiger partial charge on any atom is 0.160 e. The zero-order chi connectivity index (χ0) is 43.0. The zero-order valence-electron chi connectivity index (χ0n) is 37.4. The van der Waals surface area contributed by atoms with Crippen LogP contribution < -0.4 is 14.2 Å². The molecule has 3 N–H and O–H groups in total. The number of rotatable bonds is 22. The molecule has 1 aliphatic rings. The van der Waals surface area contributed by atoms with Gasteiger partial charge in [0.1, 0.15) is 28.7 Å². The number of fused-ring (bicyclic) bond motifs is 1. The van der Waals surface area contributed by atoms with Crippen LogP contribution in [0.15, 0.2) is 36.4 Å². The summed E-state index contributed by atoms with van der Waals surface area (Å²) in [5.74, 6) is 4.63. The first kappa shape index (κ1) is 48.2. The second-order valence-electron chi connectivity index (χ2n) is 17.7. The van der Waals surface area contributed by atoms with Gasteiger partial charge in [-0.2, -0.15) is 0 Å². The van der Waals surface area contributed by atoms with Crippen LogP contribution in [0.3, 0.4) is 0 Å². The number of benzene rings is 3. The van der Waals surface area contributed by atoms with E-state index in [2.05, 4.69) is 41.5 Å². The Morgan fingerprint density at radius 3 is 1.67 bits per heavy atom. The lowest BCUT2D eigenvalue weighted by atomic mass is 9.84. The molecule has 1 aliphatic heterocycles. The largest absolute Gasteiger partial charge is 0.507 e. The van der Waals surface area contributed by atoms with Gasteiger partial charge in [-0.1, -0.05) is 84.8 Å². The molecule has 3 atom stereocenters. The first-order valence-corrected chi connectivity index (χ1v) is 21.7. The van der Waals surface area contributed by atoms with Gasteiger partial charge in [0.25, 0.3) is 0 Å². The molecule has 0 amide bonds.